The molecular weight excluding hydrogens is 244 g/mol. The minimum atomic E-state index is 0.214. The van der Waals surface area contributed by atoms with E-state index in [1.165, 1.54) is 16.5 Å². The Morgan fingerprint density at radius 2 is 2.22 bits per heavy atom. The Morgan fingerprint density at radius 1 is 1.39 bits per heavy atom. The van der Waals surface area contributed by atoms with Crippen LogP contribution in [0, 0.1) is 0 Å². The van der Waals surface area contributed by atoms with E-state index in [1.807, 2.05) is 12.5 Å². The first-order chi connectivity index (χ1) is 8.74. The predicted octanol–water partition coefficient (Wildman–Crippen LogP) is 2.37. The van der Waals surface area contributed by atoms with Gasteiger partial charge in [0.1, 0.15) is 0 Å². The molecule has 4 heteroatoms. The second-order valence-corrected chi connectivity index (χ2v) is 5.60. The second kappa shape index (κ2) is 6.27. The van der Waals surface area contributed by atoms with Gasteiger partial charge in [-0.1, -0.05) is 6.07 Å². The molecule has 2 aromatic rings. The number of H-pyrrole nitrogens is 1. The van der Waals surface area contributed by atoms with Crippen LogP contribution in [0.5, 0.6) is 0 Å². The molecule has 3 N–H and O–H groups in total. The van der Waals surface area contributed by atoms with Crippen LogP contribution >= 0.6 is 11.8 Å². The Balaban J connectivity index is 1.96. The average molecular weight is 264 g/mol. The summed E-state index contributed by atoms with van der Waals surface area (Å²) in [4.78, 5) is 3.19. The van der Waals surface area contributed by atoms with Crippen molar-refractivity contribution in [1.82, 2.24) is 10.3 Å². The van der Waals surface area contributed by atoms with Crippen molar-refractivity contribution in [2.45, 2.75) is 24.8 Å². The topological polar surface area (TPSA) is 48.0 Å². The van der Waals surface area contributed by atoms with E-state index in [0.29, 0.717) is 6.04 Å². The zero-order chi connectivity index (χ0) is 13.0. The number of rotatable bonds is 6. The molecule has 3 nitrogen and oxygen atoms in total. The number of hydrogen-bond donors (Lipinski definition) is 3. The zero-order valence-electron chi connectivity index (χ0n) is 10.8. The molecule has 0 aliphatic rings. The van der Waals surface area contributed by atoms with E-state index in [2.05, 4.69) is 41.5 Å². The molecule has 0 radical (unpaired) electrons. The van der Waals surface area contributed by atoms with Gasteiger partial charge in [0.05, 0.1) is 6.61 Å². The van der Waals surface area contributed by atoms with Crippen LogP contribution in [-0.2, 0) is 6.54 Å². The number of benzene rings is 1. The SMILES string of the molecule is CSC(CO)C(C)NCc1ccc2[nH]ccc2c1. The first-order valence-electron chi connectivity index (χ1n) is 6.17. The lowest BCUT2D eigenvalue weighted by molar-refractivity contribution is 0.276. The van der Waals surface area contributed by atoms with Crippen LogP contribution in [0.1, 0.15) is 12.5 Å². The van der Waals surface area contributed by atoms with Crippen LogP contribution in [0.15, 0.2) is 30.5 Å². The van der Waals surface area contributed by atoms with Crippen LogP contribution in [0.4, 0.5) is 0 Å². The minimum Gasteiger partial charge on any atom is -0.395 e. The molecule has 18 heavy (non-hydrogen) atoms. The molecule has 98 valence electrons. The highest BCUT2D eigenvalue weighted by molar-refractivity contribution is 7.99. The van der Waals surface area contributed by atoms with E-state index in [0.717, 1.165) is 6.54 Å². The van der Waals surface area contributed by atoms with Gasteiger partial charge in [-0.25, -0.2) is 0 Å². The van der Waals surface area contributed by atoms with Crippen molar-refractivity contribution in [1.29, 1.82) is 0 Å². The fourth-order valence-electron chi connectivity index (χ4n) is 2.06. The van der Waals surface area contributed by atoms with Crippen molar-refractivity contribution < 1.29 is 5.11 Å². The van der Waals surface area contributed by atoms with Crippen molar-refractivity contribution in [3.05, 3.63) is 36.0 Å². The molecule has 2 unspecified atom stereocenters. The highest BCUT2D eigenvalue weighted by Gasteiger charge is 2.14. The molecule has 0 bridgehead atoms. The Morgan fingerprint density at radius 3 is 2.94 bits per heavy atom. The number of thioether (sulfide) groups is 1. The molecule has 1 heterocycles. The van der Waals surface area contributed by atoms with Gasteiger partial charge in [-0.05, 0) is 42.3 Å². The summed E-state index contributed by atoms with van der Waals surface area (Å²) in [5.41, 5.74) is 2.44. The summed E-state index contributed by atoms with van der Waals surface area (Å²) < 4.78 is 0. The van der Waals surface area contributed by atoms with Crippen LogP contribution in [0.25, 0.3) is 10.9 Å². The fourth-order valence-corrected chi connectivity index (χ4v) is 2.71. The monoisotopic (exact) mass is 264 g/mol. The van der Waals surface area contributed by atoms with E-state index in [-0.39, 0.29) is 11.9 Å². The van der Waals surface area contributed by atoms with Gasteiger partial charge in [-0.15, -0.1) is 0 Å². The Labute approximate surface area is 112 Å². The van der Waals surface area contributed by atoms with Crippen LogP contribution < -0.4 is 5.32 Å². The fraction of sp³-hybridized carbons (Fsp3) is 0.429. The molecule has 1 aromatic heterocycles. The predicted molar refractivity (Wildman–Crippen MR) is 79.0 cm³/mol. The summed E-state index contributed by atoms with van der Waals surface area (Å²) >= 11 is 1.70. The summed E-state index contributed by atoms with van der Waals surface area (Å²) in [6.45, 7) is 3.16. The van der Waals surface area contributed by atoms with Gasteiger partial charge in [-0.3, -0.25) is 0 Å². The van der Waals surface area contributed by atoms with Crippen molar-refractivity contribution in [2.24, 2.45) is 0 Å². The van der Waals surface area contributed by atoms with Crippen molar-refractivity contribution in [2.75, 3.05) is 12.9 Å². The maximum atomic E-state index is 9.24. The van der Waals surface area contributed by atoms with Gasteiger partial charge in [0.2, 0.25) is 0 Å². The molecule has 0 saturated heterocycles. The van der Waals surface area contributed by atoms with E-state index in [1.54, 1.807) is 11.8 Å². The Kier molecular flexibility index (Phi) is 4.69. The number of aromatic amines is 1. The quantitative estimate of drug-likeness (QED) is 0.750. The molecule has 2 rings (SSSR count). The molecule has 0 amide bonds. The van der Waals surface area contributed by atoms with Crippen LogP contribution in [0.3, 0.4) is 0 Å². The third-order valence-electron chi connectivity index (χ3n) is 3.29. The van der Waals surface area contributed by atoms with Gasteiger partial charge in [0.25, 0.3) is 0 Å². The summed E-state index contributed by atoms with van der Waals surface area (Å²) in [5, 5.41) is 14.2. The smallest absolute Gasteiger partial charge is 0.0564 e. The van der Waals surface area contributed by atoms with Crippen LogP contribution in [-0.4, -0.2) is 34.2 Å². The lowest BCUT2D eigenvalue weighted by atomic mass is 10.1. The average Bonchev–Trinajstić information content (AvgIpc) is 2.85. The van der Waals surface area contributed by atoms with Crippen molar-refractivity contribution in [3.8, 4) is 0 Å². The van der Waals surface area contributed by atoms with Gasteiger partial charge in [0.15, 0.2) is 0 Å². The summed E-state index contributed by atoms with van der Waals surface area (Å²) in [5.74, 6) is 0. The van der Waals surface area contributed by atoms with E-state index in [4.69, 9.17) is 0 Å². The third kappa shape index (κ3) is 3.07. The maximum Gasteiger partial charge on any atom is 0.0564 e. The van der Waals surface area contributed by atoms with Crippen molar-refractivity contribution in [3.63, 3.8) is 0 Å². The number of aliphatic hydroxyl groups is 1. The number of aromatic nitrogens is 1. The standard InChI is InChI=1S/C14H20N2OS/c1-10(14(9-17)18-2)16-8-11-3-4-13-12(7-11)5-6-15-13/h3-7,10,14-17H,8-9H2,1-2H3. The van der Waals surface area contributed by atoms with Gasteiger partial charge >= 0.3 is 0 Å². The number of fused-ring (bicyclic) bond motifs is 1. The molecule has 1 aromatic carbocycles. The van der Waals surface area contributed by atoms with Crippen molar-refractivity contribution >= 4 is 22.7 Å². The number of hydrogen-bond acceptors (Lipinski definition) is 3. The molecule has 0 aliphatic heterocycles. The first-order valence-corrected chi connectivity index (χ1v) is 7.46. The second-order valence-electron chi connectivity index (χ2n) is 4.53. The summed E-state index contributed by atoms with van der Waals surface area (Å²) in [7, 11) is 0. The van der Waals surface area contributed by atoms with E-state index in [9.17, 15) is 5.11 Å². The zero-order valence-corrected chi connectivity index (χ0v) is 11.6. The molecular formula is C14H20N2OS. The van der Waals surface area contributed by atoms with Gasteiger partial charge in [-0.2, -0.15) is 11.8 Å². The normalized spacial score (nSPS) is 14.8. The molecule has 2 atom stereocenters. The highest BCUT2D eigenvalue weighted by atomic mass is 32.2. The largest absolute Gasteiger partial charge is 0.395 e. The minimum absolute atomic E-state index is 0.214. The summed E-state index contributed by atoms with van der Waals surface area (Å²) in [6.07, 6.45) is 3.99. The first kappa shape index (κ1) is 13.5. The number of nitrogens with one attached hydrogen (secondary N) is 2. The Bertz CT molecular complexity index is 493. The van der Waals surface area contributed by atoms with Gasteiger partial charge in [0, 0.05) is 29.6 Å². The molecule has 0 aliphatic carbocycles. The lowest BCUT2D eigenvalue weighted by Gasteiger charge is -2.21. The number of aliphatic hydroxyl groups excluding tert-OH is 1. The van der Waals surface area contributed by atoms with E-state index >= 15 is 0 Å². The summed E-state index contributed by atoms with van der Waals surface area (Å²) in [6, 6.07) is 8.81. The molecule has 0 spiro atoms. The highest BCUT2D eigenvalue weighted by Crippen LogP contribution is 2.15. The van der Waals surface area contributed by atoms with E-state index < -0.39 is 0 Å². The Hall–Kier alpha value is -0.970. The maximum absolute atomic E-state index is 9.24. The van der Waals surface area contributed by atoms with Gasteiger partial charge < -0.3 is 15.4 Å². The lowest BCUT2D eigenvalue weighted by Crippen LogP contribution is -2.37. The molecule has 0 fully saturated rings. The molecule has 0 saturated carbocycles. The van der Waals surface area contributed by atoms with Crippen LogP contribution in [0.2, 0.25) is 0 Å². The third-order valence-corrected chi connectivity index (χ3v) is 4.45.